The molecule has 4 atom stereocenters. The summed E-state index contributed by atoms with van der Waals surface area (Å²) in [6.07, 6.45) is 57.6. The Balaban J connectivity index is 3.61. The summed E-state index contributed by atoms with van der Waals surface area (Å²) in [5, 5.41) is 43.6. The minimum absolute atomic E-state index is 0.358. The summed E-state index contributed by atoms with van der Waals surface area (Å²) in [6.45, 7) is 3.82. The third kappa shape index (κ3) is 39.7. The zero-order valence-electron chi connectivity index (χ0n) is 38.3. The van der Waals surface area contributed by atoms with Gasteiger partial charge in [-0.2, -0.15) is 0 Å². The van der Waals surface area contributed by atoms with Crippen LogP contribution in [0.4, 0.5) is 0 Å². The molecular formula is C52H97NO5. The molecule has 0 saturated carbocycles. The smallest absolute Gasteiger partial charge is 0.249 e. The van der Waals surface area contributed by atoms with Gasteiger partial charge in [-0.05, 0) is 84.0 Å². The molecule has 0 aromatic rings. The lowest BCUT2D eigenvalue weighted by atomic mass is 10.00. The van der Waals surface area contributed by atoms with Crippen molar-refractivity contribution in [2.24, 2.45) is 0 Å². The van der Waals surface area contributed by atoms with E-state index >= 15 is 0 Å². The number of hydrogen-bond donors (Lipinski definition) is 5. The Kier molecular flexibility index (Phi) is 45.0. The maximum Gasteiger partial charge on any atom is 0.249 e. The normalized spacial score (nSPS) is 14.4. The molecule has 1 amide bonds. The largest absolute Gasteiger partial charge is 0.394 e. The topological polar surface area (TPSA) is 110 Å². The first kappa shape index (κ1) is 56.3. The van der Waals surface area contributed by atoms with Crippen molar-refractivity contribution < 1.29 is 25.2 Å². The lowest BCUT2D eigenvalue weighted by Gasteiger charge is -2.27. The number of nitrogens with one attached hydrogen (secondary N) is 1. The molecule has 0 bridgehead atoms. The van der Waals surface area contributed by atoms with Gasteiger partial charge in [-0.15, -0.1) is 0 Å². The van der Waals surface area contributed by atoms with Gasteiger partial charge < -0.3 is 25.7 Å². The lowest BCUT2D eigenvalue weighted by Crippen LogP contribution is -2.53. The average Bonchev–Trinajstić information content (AvgIpc) is 3.23. The molecule has 0 saturated heterocycles. The summed E-state index contributed by atoms with van der Waals surface area (Å²) in [5.74, 6) is -0.600. The molecule has 0 aromatic heterocycles. The Morgan fingerprint density at radius 1 is 0.448 bits per heavy atom. The van der Waals surface area contributed by atoms with Crippen molar-refractivity contribution >= 4 is 5.91 Å². The molecule has 6 heteroatoms. The quantitative estimate of drug-likeness (QED) is 0.0311. The van der Waals surface area contributed by atoms with E-state index in [-0.39, 0.29) is 0 Å². The van der Waals surface area contributed by atoms with Crippen LogP contribution in [0.1, 0.15) is 245 Å². The van der Waals surface area contributed by atoms with E-state index in [1.54, 1.807) is 0 Å². The maximum absolute atomic E-state index is 12.5. The van der Waals surface area contributed by atoms with Crippen LogP contribution in [0.3, 0.4) is 0 Å². The number of aliphatic hydroxyl groups excluding tert-OH is 4. The standard InChI is InChI=1S/C52H97NO5/c1-3-5-7-9-11-13-15-17-18-19-20-21-22-23-24-25-26-27-28-29-30-31-32-33-34-36-38-40-42-44-46-50(56)52(58)53-48(47-54)51(57)49(55)45-43-41-39-37-35-16-14-12-10-8-6-4-2/h4,6,12,14,23-24,37,39,48-51,54-57H,3,5,7-11,13,15-22,25-36,38,40-47H2,1-2H3,(H,53,58)/b6-4+,14-12+,24-23-,39-37+. The predicted octanol–water partition coefficient (Wildman–Crippen LogP) is 13.9. The van der Waals surface area contributed by atoms with Crippen LogP contribution in [-0.4, -0.2) is 57.3 Å². The summed E-state index contributed by atoms with van der Waals surface area (Å²) in [6, 6.07) is -1.01. The second-order valence-corrected chi connectivity index (χ2v) is 17.1. The zero-order valence-corrected chi connectivity index (χ0v) is 38.3. The molecule has 58 heavy (non-hydrogen) atoms. The Morgan fingerprint density at radius 3 is 1.19 bits per heavy atom. The second kappa shape index (κ2) is 46.3. The summed E-state index contributed by atoms with van der Waals surface area (Å²) in [5.41, 5.74) is 0. The van der Waals surface area contributed by atoms with E-state index in [9.17, 15) is 25.2 Å². The molecule has 0 aliphatic carbocycles. The van der Waals surface area contributed by atoms with Gasteiger partial charge in [0.05, 0.1) is 18.8 Å². The van der Waals surface area contributed by atoms with Crippen LogP contribution in [-0.2, 0) is 4.79 Å². The van der Waals surface area contributed by atoms with Crippen LogP contribution in [0.5, 0.6) is 0 Å². The molecule has 0 fully saturated rings. The van der Waals surface area contributed by atoms with Crippen molar-refractivity contribution in [3.05, 3.63) is 48.6 Å². The lowest BCUT2D eigenvalue weighted by molar-refractivity contribution is -0.132. The number of aliphatic hydroxyl groups is 4. The number of carbonyl (C=O) groups excluding carboxylic acids is 1. The molecule has 6 nitrogen and oxygen atoms in total. The van der Waals surface area contributed by atoms with Crippen LogP contribution in [0, 0.1) is 0 Å². The van der Waals surface area contributed by atoms with Crippen molar-refractivity contribution in [3.63, 3.8) is 0 Å². The summed E-state index contributed by atoms with van der Waals surface area (Å²) in [7, 11) is 0. The molecule has 0 radical (unpaired) electrons. The Bertz CT molecular complexity index is 961. The molecule has 4 unspecified atom stereocenters. The predicted molar refractivity (Wildman–Crippen MR) is 251 cm³/mol. The molecular weight excluding hydrogens is 719 g/mol. The highest BCUT2D eigenvalue weighted by atomic mass is 16.3. The third-order valence-electron chi connectivity index (χ3n) is 11.6. The van der Waals surface area contributed by atoms with Crippen LogP contribution in [0.15, 0.2) is 48.6 Å². The minimum atomic E-state index is -1.29. The minimum Gasteiger partial charge on any atom is -0.394 e. The zero-order chi connectivity index (χ0) is 42.4. The molecule has 0 rings (SSSR count). The van der Waals surface area contributed by atoms with Gasteiger partial charge in [0.1, 0.15) is 12.2 Å². The first-order valence-electron chi connectivity index (χ1n) is 25.0. The van der Waals surface area contributed by atoms with Gasteiger partial charge in [0.25, 0.3) is 0 Å². The van der Waals surface area contributed by atoms with E-state index in [0.29, 0.717) is 19.3 Å². The number of unbranched alkanes of at least 4 members (excludes halogenated alkanes) is 29. The van der Waals surface area contributed by atoms with Gasteiger partial charge >= 0.3 is 0 Å². The van der Waals surface area contributed by atoms with E-state index in [1.807, 2.05) is 6.92 Å². The number of carbonyl (C=O) groups is 1. The highest BCUT2D eigenvalue weighted by molar-refractivity contribution is 5.80. The molecule has 0 spiro atoms. The highest BCUT2D eigenvalue weighted by Gasteiger charge is 2.28. The van der Waals surface area contributed by atoms with Gasteiger partial charge in [-0.1, -0.05) is 210 Å². The van der Waals surface area contributed by atoms with Crippen molar-refractivity contribution in [2.45, 2.75) is 269 Å². The number of amides is 1. The monoisotopic (exact) mass is 816 g/mol. The first-order valence-corrected chi connectivity index (χ1v) is 25.0. The van der Waals surface area contributed by atoms with E-state index in [0.717, 1.165) is 51.4 Å². The Labute approximate surface area is 359 Å². The SMILES string of the molecule is C/C=C/CC/C=C/CC/C=C/CCCC(O)C(O)C(CO)NC(=O)C(O)CCCCCCCCCCCCCCCC/C=C\CCCCCCCCCCCCCC. The fourth-order valence-electron chi connectivity index (χ4n) is 7.62. The van der Waals surface area contributed by atoms with Crippen LogP contribution >= 0.6 is 0 Å². The Hall–Kier alpha value is -1.73. The van der Waals surface area contributed by atoms with Gasteiger partial charge in [-0.25, -0.2) is 0 Å². The molecule has 340 valence electrons. The first-order chi connectivity index (χ1) is 28.5. The van der Waals surface area contributed by atoms with Gasteiger partial charge in [0.2, 0.25) is 5.91 Å². The fraction of sp³-hybridized carbons (Fsp3) is 0.827. The fourth-order valence-corrected chi connectivity index (χ4v) is 7.62. The number of rotatable bonds is 45. The molecule has 0 aromatic carbocycles. The maximum atomic E-state index is 12.5. The van der Waals surface area contributed by atoms with Gasteiger partial charge in [0.15, 0.2) is 0 Å². The number of allylic oxidation sites excluding steroid dienone is 8. The highest BCUT2D eigenvalue weighted by Crippen LogP contribution is 2.16. The summed E-state index contributed by atoms with van der Waals surface area (Å²) < 4.78 is 0. The van der Waals surface area contributed by atoms with Crippen molar-refractivity contribution in [2.75, 3.05) is 6.61 Å². The third-order valence-corrected chi connectivity index (χ3v) is 11.6. The molecule has 5 N–H and O–H groups in total. The Morgan fingerprint density at radius 2 is 0.793 bits per heavy atom. The van der Waals surface area contributed by atoms with Crippen LogP contribution in [0.2, 0.25) is 0 Å². The van der Waals surface area contributed by atoms with Gasteiger partial charge in [0, 0.05) is 0 Å². The van der Waals surface area contributed by atoms with E-state index in [1.165, 1.54) is 161 Å². The molecule has 0 heterocycles. The van der Waals surface area contributed by atoms with Crippen LogP contribution < -0.4 is 5.32 Å². The van der Waals surface area contributed by atoms with Crippen molar-refractivity contribution in [1.82, 2.24) is 5.32 Å². The van der Waals surface area contributed by atoms with E-state index < -0.39 is 36.9 Å². The molecule has 0 aliphatic rings. The van der Waals surface area contributed by atoms with Gasteiger partial charge in [-0.3, -0.25) is 4.79 Å². The van der Waals surface area contributed by atoms with Crippen LogP contribution in [0.25, 0.3) is 0 Å². The molecule has 0 aliphatic heterocycles. The van der Waals surface area contributed by atoms with Crippen molar-refractivity contribution in [1.29, 1.82) is 0 Å². The summed E-state index contributed by atoms with van der Waals surface area (Å²) >= 11 is 0. The van der Waals surface area contributed by atoms with E-state index in [2.05, 4.69) is 60.8 Å². The summed E-state index contributed by atoms with van der Waals surface area (Å²) in [4.78, 5) is 12.5. The van der Waals surface area contributed by atoms with E-state index in [4.69, 9.17) is 0 Å². The van der Waals surface area contributed by atoms with Crippen molar-refractivity contribution in [3.8, 4) is 0 Å². The average molecular weight is 816 g/mol. The number of hydrogen-bond acceptors (Lipinski definition) is 5. The second-order valence-electron chi connectivity index (χ2n) is 17.1.